The van der Waals surface area contributed by atoms with Crippen molar-refractivity contribution in [3.05, 3.63) is 44.8 Å². The van der Waals surface area contributed by atoms with Crippen molar-refractivity contribution < 1.29 is 17.9 Å². The summed E-state index contributed by atoms with van der Waals surface area (Å²) in [7, 11) is 0. The van der Waals surface area contributed by atoms with Crippen LogP contribution in [-0.4, -0.2) is 6.61 Å². The van der Waals surface area contributed by atoms with Crippen LogP contribution in [0.1, 0.15) is 4.88 Å². The second-order valence-electron chi connectivity index (χ2n) is 3.57. The summed E-state index contributed by atoms with van der Waals surface area (Å²) in [5, 5.41) is 4.94. The van der Waals surface area contributed by atoms with Crippen LogP contribution in [0.3, 0.4) is 0 Å². The van der Waals surface area contributed by atoms with Crippen LogP contribution in [0.2, 0.25) is 0 Å². The van der Waals surface area contributed by atoms with Crippen molar-refractivity contribution >= 4 is 33.0 Å². The fraction of sp³-hybridized carbons (Fsp3) is 0.167. The van der Waals surface area contributed by atoms with Gasteiger partial charge in [0.05, 0.1) is 6.54 Å². The van der Waals surface area contributed by atoms with Gasteiger partial charge in [-0.25, -0.2) is 4.39 Å². The van der Waals surface area contributed by atoms with E-state index in [-0.39, 0.29) is 0 Å². The summed E-state index contributed by atoms with van der Waals surface area (Å²) in [5.41, 5.74) is 0.499. The fourth-order valence-electron chi connectivity index (χ4n) is 1.44. The van der Waals surface area contributed by atoms with Gasteiger partial charge in [-0.05, 0) is 39.5 Å². The number of ether oxygens (including phenoxy) is 1. The molecule has 0 bridgehead atoms. The maximum Gasteiger partial charge on any atom is 0.387 e. The minimum atomic E-state index is -3.03. The predicted octanol–water partition coefficient (Wildman–Crippen LogP) is 4.86. The van der Waals surface area contributed by atoms with E-state index in [4.69, 9.17) is 0 Å². The Morgan fingerprint density at radius 2 is 2.11 bits per heavy atom. The number of hydrogen-bond donors (Lipinski definition) is 1. The summed E-state index contributed by atoms with van der Waals surface area (Å²) in [6.07, 6.45) is 0. The Bertz CT molecular complexity index is 562. The van der Waals surface area contributed by atoms with E-state index in [9.17, 15) is 13.2 Å². The second-order valence-corrected chi connectivity index (χ2v) is 5.42. The Balaban J connectivity index is 2.02. The number of anilines is 1. The summed E-state index contributed by atoms with van der Waals surface area (Å²) in [6.45, 7) is -2.51. The van der Waals surface area contributed by atoms with Crippen molar-refractivity contribution in [2.24, 2.45) is 0 Å². The maximum atomic E-state index is 13.5. The van der Waals surface area contributed by atoms with Gasteiger partial charge < -0.3 is 10.1 Å². The van der Waals surface area contributed by atoms with Gasteiger partial charge in [0.1, 0.15) is 0 Å². The normalized spacial score (nSPS) is 10.8. The zero-order chi connectivity index (χ0) is 13.8. The molecule has 0 atom stereocenters. The molecule has 0 aliphatic rings. The first-order valence-corrected chi connectivity index (χ1v) is 6.93. The number of rotatable bonds is 5. The van der Waals surface area contributed by atoms with Crippen molar-refractivity contribution in [1.82, 2.24) is 0 Å². The monoisotopic (exact) mass is 351 g/mol. The number of benzene rings is 1. The number of hydrogen-bond acceptors (Lipinski definition) is 3. The van der Waals surface area contributed by atoms with Crippen LogP contribution < -0.4 is 10.1 Å². The van der Waals surface area contributed by atoms with Crippen LogP contribution in [0.5, 0.6) is 5.75 Å². The Labute approximate surface area is 120 Å². The molecule has 19 heavy (non-hydrogen) atoms. The third-order valence-corrected chi connectivity index (χ3v) is 4.22. The van der Waals surface area contributed by atoms with Crippen molar-refractivity contribution in [2.45, 2.75) is 13.2 Å². The number of nitrogens with one attached hydrogen (secondary N) is 1. The molecule has 2 aromatic rings. The SMILES string of the molecule is Fc1cc(NCc2sccc2Br)ccc1OC(F)F. The topological polar surface area (TPSA) is 21.3 Å². The van der Waals surface area contributed by atoms with Crippen LogP contribution >= 0.6 is 27.3 Å². The maximum absolute atomic E-state index is 13.5. The zero-order valence-electron chi connectivity index (χ0n) is 9.50. The van der Waals surface area contributed by atoms with Gasteiger partial charge in [-0.3, -0.25) is 0 Å². The molecule has 1 aromatic heterocycles. The summed E-state index contributed by atoms with van der Waals surface area (Å²) < 4.78 is 42.4. The minimum absolute atomic E-state index is 0.460. The van der Waals surface area contributed by atoms with Crippen LogP contribution in [0.4, 0.5) is 18.9 Å². The zero-order valence-corrected chi connectivity index (χ0v) is 11.9. The molecule has 0 amide bonds. The molecule has 0 spiro atoms. The first-order valence-electron chi connectivity index (χ1n) is 5.26. The molecule has 1 N–H and O–H groups in total. The number of thiophene rings is 1. The van der Waals surface area contributed by atoms with E-state index in [1.807, 2.05) is 11.4 Å². The minimum Gasteiger partial charge on any atom is -0.432 e. The van der Waals surface area contributed by atoms with E-state index in [1.165, 1.54) is 12.1 Å². The first kappa shape index (κ1) is 14.2. The molecule has 0 unspecified atom stereocenters. The van der Waals surface area contributed by atoms with Crippen molar-refractivity contribution in [3.8, 4) is 5.75 Å². The number of halogens is 4. The van der Waals surface area contributed by atoms with Gasteiger partial charge >= 0.3 is 6.61 Å². The Kier molecular flexibility index (Phi) is 4.71. The molecule has 0 saturated carbocycles. The molecular formula is C12H9BrF3NOS. The van der Waals surface area contributed by atoms with Gasteiger partial charge in [-0.15, -0.1) is 11.3 Å². The van der Waals surface area contributed by atoms with Gasteiger partial charge in [0.15, 0.2) is 11.6 Å². The lowest BCUT2D eigenvalue weighted by Gasteiger charge is -2.09. The molecule has 1 aromatic carbocycles. The average Bonchev–Trinajstić information content (AvgIpc) is 2.75. The van der Waals surface area contributed by atoms with E-state index < -0.39 is 18.2 Å². The molecule has 7 heteroatoms. The van der Waals surface area contributed by atoms with E-state index in [2.05, 4.69) is 26.0 Å². The molecule has 0 aliphatic carbocycles. The lowest BCUT2D eigenvalue weighted by molar-refractivity contribution is -0.0521. The molecule has 2 rings (SSSR count). The standard InChI is InChI=1S/C12H9BrF3NOS/c13-8-3-4-19-11(8)6-17-7-1-2-10(9(14)5-7)18-12(15)16/h1-5,12,17H,6H2. The van der Waals surface area contributed by atoms with Gasteiger partial charge in [-0.1, -0.05) is 0 Å². The molecule has 0 radical (unpaired) electrons. The second kappa shape index (κ2) is 6.29. The predicted molar refractivity (Wildman–Crippen MR) is 72.4 cm³/mol. The van der Waals surface area contributed by atoms with Crippen LogP contribution in [0, 0.1) is 5.82 Å². The lowest BCUT2D eigenvalue weighted by Crippen LogP contribution is -2.04. The van der Waals surface area contributed by atoms with Gasteiger partial charge in [0.2, 0.25) is 0 Å². The first-order chi connectivity index (χ1) is 9.06. The van der Waals surface area contributed by atoms with Crippen molar-refractivity contribution in [3.63, 3.8) is 0 Å². The third-order valence-electron chi connectivity index (χ3n) is 2.29. The average molecular weight is 352 g/mol. The highest BCUT2D eigenvalue weighted by molar-refractivity contribution is 9.10. The highest BCUT2D eigenvalue weighted by Crippen LogP contribution is 2.26. The molecule has 1 heterocycles. The molecular weight excluding hydrogens is 343 g/mol. The third kappa shape index (κ3) is 3.87. The Morgan fingerprint density at radius 3 is 2.68 bits per heavy atom. The van der Waals surface area contributed by atoms with E-state index >= 15 is 0 Å². The smallest absolute Gasteiger partial charge is 0.387 e. The van der Waals surface area contributed by atoms with Crippen LogP contribution in [0.25, 0.3) is 0 Å². The summed E-state index contributed by atoms with van der Waals surface area (Å²) in [4.78, 5) is 1.06. The van der Waals surface area contributed by atoms with Crippen molar-refractivity contribution in [2.75, 3.05) is 5.32 Å². The molecule has 2 nitrogen and oxygen atoms in total. The number of alkyl halides is 2. The summed E-state index contributed by atoms with van der Waals surface area (Å²) in [5.74, 6) is -1.28. The lowest BCUT2D eigenvalue weighted by atomic mass is 10.3. The quantitative estimate of drug-likeness (QED) is 0.830. The highest BCUT2D eigenvalue weighted by Gasteiger charge is 2.10. The Morgan fingerprint density at radius 1 is 1.32 bits per heavy atom. The fourth-order valence-corrected chi connectivity index (χ4v) is 2.87. The summed E-state index contributed by atoms with van der Waals surface area (Å²) >= 11 is 4.94. The van der Waals surface area contributed by atoms with Gasteiger partial charge in [0, 0.05) is 21.1 Å². The van der Waals surface area contributed by atoms with E-state index in [0.29, 0.717) is 12.2 Å². The highest BCUT2D eigenvalue weighted by atomic mass is 79.9. The molecule has 0 aliphatic heterocycles. The van der Waals surface area contributed by atoms with Gasteiger partial charge in [0.25, 0.3) is 0 Å². The largest absolute Gasteiger partial charge is 0.432 e. The van der Waals surface area contributed by atoms with Crippen molar-refractivity contribution in [1.29, 1.82) is 0 Å². The van der Waals surface area contributed by atoms with E-state index in [0.717, 1.165) is 15.4 Å². The Hall–Kier alpha value is -1.21. The molecule has 0 saturated heterocycles. The summed E-state index contributed by atoms with van der Waals surface area (Å²) in [6, 6.07) is 5.71. The molecule has 102 valence electrons. The van der Waals surface area contributed by atoms with Gasteiger partial charge in [-0.2, -0.15) is 8.78 Å². The van der Waals surface area contributed by atoms with Crippen LogP contribution in [-0.2, 0) is 6.54 Å². The van der Waals surface area contributed by atoms with Crippen LogP contribution in [0.15, 0.2) is 34.1 Å². The van der Waals surface area contributed by atoms with E-state index in [1.54, 1.807) is 11.3 Å². The molecule has 0 fully saturated rings.